The maximum Gasteiger partial charge on any atom is 0.264 e. The average molecular weight is 320 g/mol. The van der Waals surface area contributed by atoms with Crippen LogP contribution in [0.15, 0.2) is 18.2 Å². The molecule has 1 N–H and O–H groups in total. The molecule has 5 nitrogen and oxygen atoms in total. The molecule has 2 aromatic rings. The van der Waals surface area contributed by atoms with Crippen molar-refractivity contribution in [3.63, 3.8) is 0 Å². The number of hydrogen-bond acceptors (Lipinski definition) is 4. The standard InChI is InChI=1S/C16H18ClN3O2/c1-9-5-13(6-10(2)15(9)17)22-8-14(21)20-16-18-11(3)7-12(4)19-16/h5-7H,8H2,1-4H3,(H,18,19,20,21). The summed E-state index contributed by atoms with van der Waals surface area (Å²) in [7, 11) is 0. The molecule has 0 aliphatic rings. The molecule has 1 aromatic heterocycles. The molecule has 1 heterocycles. The molecule has 1 amide bonds. The number of hydrogen-bond donors (Lipinski definition) is 1. The molecule has 0 unspecified atom stereocenters. The van der Waals surface area contributed by atoms with Gasteiger partial charge in [0, 0.05) is 16.4 Å². The quantitative estimate of drug-likeness (QED) is 0.938. The van der Waals surface area contributed by atoms with Crippen LogP contribution in [0.5, 0.6) is 5.75 Å². The Morgan fingerprint density at radius 1 is 1.09 bits per heavy atom. The zero-order valence-corrected chi connectivity index (χ0v) is 13.8. The first-order chi connectivity index (χ1) is 10.3. The number of amides is 1. The van der Waals surface area contributed by atoms with E-state index in [1.54, 1.807) is 12.1 Å². The number of carbonyl (C=O) groups is 1. The molecule has 6 heteroatoms. The van der Waals surface area contributed by atoms with Crippen LogP contribution < -0.4 is 10.1 Å². The van der Waals surface area contributed by atoms with Crippen LogP contribution in [0.25, 0.3) is 0 Å². The summed E-state index contributed by atoms with van der Waals surface area (Å²) in [6, 6.07) is 5.44. The van der Waals surface area contributed by atoms with E-state index in [4.69, 9.17) is 16.3 Å². The summed E-state index contributed by atoms with van der Waals surface area (Å²) in [5.41, 5.74) is 3.42. The Kier molecular flexibility index (Phi) is 4.98. The topological polar surface area (TPSA) is 64.1 Å². The highest BCUT2D eigenvalue weighted by atomic mass is 35.5. The van der Waals surface area contributed by atoms with Crippen molar-refractivity contribution in [2.75, 3.05) is 11.9 Å². The highest BCUT2D eigenvalue weighted by Gasteiger charge is 2.08. The smallest absolute Gasteiger partial charge is 0.264 e. The molecule has 2 rings (SSSR count). The molecule has 0 atom stereocenters. The molecule has 0 fully saturated rings. The largest absolute Gasteiger partial charge is 0.484 e. The highest BCUT2D eigenvalue weighted by molar-refractivity contribution is 6.32. The summed E-state index contributed by atoms with van der Waals surface area (Å²) < 4.78 is 5.49. The van der Waals surface area contributed by atoms with E-state index < -0.39 is 0 Å². The summed E-state index contributed by atoms with van der Waals surface area (Å²) in [6.45, 7) is 7.37. The Labute approximate surface area is 134 Å². The Hall–Kier alpha value is -2.14. The van der Waals surface area contributed by atoms with E-state index in [1.165, 1.54) is 0 Å². The Balaban J connectivity index is 1.98. The minimum atomic E-state index is -0.310. The van der Waals surface area contributed by atoms with Gasteiger partial charge in [-0.3, -0.25) is 10.1 Å². The normalized spacial score (nSPS) is 10.4. The van der Waals surface area contributed by atoms with Crippen molar-refractivity contribution in [3.05, 3.63) is 45.7 Å². The molecule has 0 aliphatic carbocycles. The van der Waals surface area contributed by atoms with Crippen LogP contribution in [0, 0.1) is 27.7 Å². The molecule has 0 saturated carbocycles. The zero-order chi connectivity index (χ0) is 16.3. The number of aromatic nitrogens is 2. The Morgan fingerprint density at radius 3 is 2.18 bits per heavy atom. The third-order valence-electron chi connectivity index (χ3n) is 3.01. The fraction of sp³-hybridized carbons (Fsp3) is 0.312. The van der Waals surface area contributed by atoms with Gasteiger partial charge < -0.3 is 4.74 Å². The van der Waals surface area contributed by atoms with Gasteiger partial charge in [-0.1, -0.05) is 11.6 Å². The van der Waals surface area contributed by atoms with Gasteiger partial charge in [0.2, 0.25) is 5.95 Å². The minimum absolute atomic E-state index is 0.114. The van der Waals surface area contributed by atoms with Crippen LogP contribution in [0.1, 0.15) is 22.5 Å². The monoisotopic (exact) mass is 319 g/mol. The second-order valence-corrected chi connectivity index (χ2v) is 5.56. The van der Waals surface area contributed by atoms with Crippen molar-refractivity contribution in [3.8, 4) is 5.75 Å². The lowest BCUT2D eigenvalue weighted by atomic mass is 10.1. The summed E-state index contributed by atoms with van der Waals surface area (Å²) in [5.74, 6) is 0.584. The fourth-order valence-corrected chi connectivity index (χ4v) is 2.19. The van der Waals surface area contributed by atoms with Gasteiger partial charge in [0.25, 0.3) is 5.91 Å². The molecule has 0 bridgehead atoms. The van der Waals surface area contributed by atoms with E-state index in [9.17, 15) is 4.79 Å². The predicted octanol–water partition coefficient (Wildman–Crippen LogP) is 3.38. The van der Waals surface area contributed by atoms with Crippen LogP contribution in [0.4, 0.5) is 5.95 Å². The first-order valence-electron chi connectivity index (χ1n) is 6.87. The lowest BCUT2D eigenvalue weighted by molar-refractivity contribution is -0.118. The first kappa shape index (κ1) is 16.2. The Bertz CT molecular complexity index is 673. The first-order valence-corrected chi connectivity index (χ1v) is 7.24. The predicted molar refractivity (Wildman–Crippen MR) is 86.6 cm³/mol. The second-order valence-electron chi connectivity index (χ2n) is 5.18. The van der Waals surface area contributed by atoms with E-state index in [-0.39, 0.29) is 18.5 Å². The average Bonchev–Trinajstić information content (AvgIpc) is 2.41. The molecule has 0 aliphatic heterocycles. The molecule has 0 saturated heterocycles. The molecule has 1 aromatic carbocycles. The minimum Gasteiger partial charge on any atom is -0.484 e. The van der Waals surface area contributed by atoms with E-state index in [0.29, 0.717) is 10.8 Å². The van der Waals surface area contributed by atoms with Crippen LogP contribution in [0.3, 0.4) is 0 Å². The van der Waals surface area contributed by atoms with Gasteiger partial charge >= 0.3 is 0 Å². The SMILES string of the molecule is Cc1cc(C)nc(NC(=O)COc2cc(C)c(Cl)c(C)c2)n1. The third-order valence-corrected chi connectivity index (χ3v) is 3.61. The molecule has 116 valence electrons. The second kappa shape index (κ2) is 6.75. The van der Waals surface area contributed by atoms with Gasteiger partial charge in [-0.25, -0.2) is 9.97 Å². The van der Waals surface area contributed by atoms with Crippen molar-refractivity contribution in [1.29, 1.82) is 0 Å². The Morgan fingerprint density at radius 2 is 1.64 bits per heavy atom. The number of ether oxygens (including phenoxy) is 1. The zero-order valence-electron chi connectivity index (χ0n) is 13.0. The third kappa shape index (κ3) is 4.18. The highest BCUT2D eigenvalue weighted by Crippen LogP contribution is 2.25. The number of rotatable bonds is 4. The number of nitrogens with zero attached hydrogens (tertiary/aromatic N) is 2. The van der Waals surface area contributed by atoms with Gasteiger partial charge in [0.15, 0.2) is 6.61 Å². The van der Waals surface area contributed by atoms with E-state index in [1.807, 2.05) is 33.8 Å². The van der Waals surface area contributed by atoms with E-state index >= 15 is 0 Å². The maximum absolute atomic E-state index is 11.9. The molecule has 0 radical (unpaired) electrons. The van der Waals surface area contributed by atoms with Crippen molar-refractivity contribution < 1.29 is 9.53 Å². The molecular formula is C16H18ClN3O2. The van der Waals surface area contributed by atoms with Gasteiger partial charge in [0.05, 0.1) is 0 Å². The molecular weight excluding hydrogens is 302 g/mol. The van der Waals surface area contributed by atoms with E-state index in [2.05, 4.69) is 15.3 Å². The number of carbonyl (C=O) groups excluding carboxylic acids is 1. The summed E-state index contributed by atoms with van der Waals surface area (Å²) in [6.07, 6.45) is 0. The van der Waals surface area contributed by atoms with Crippen LogP contribution in [0.2, 0.25) is 5.02 Å². The van der Waals surface area contributed by atoms with Crippen LogP contribution >= 0.6 is 11.6 Å². The van der Waals surface area contributed by atoms with Crippen molar-refractivity contribution in [1.82, 2.24) is 9.97 Å². The van der Waals surface area contributed by atoms with Crippen LogP contribution in [-0.4, -0.2) is 22.5 Å². The number of anilines is 1. The van der Waals surface area contributed by atoms with Crippen LogP contribution in [-0.2, 0) is 4.79 Å². The summed E-state index contributed by atoms with van der Waals surface area (Å²) in [5, 5.41) is 3.33. The number of aryl methyl sites for hydroxylation is 4. The van der Waals surface area contributed by atoms with Gasteiger partial charge in [-0.2, -0.15) is 0 Å². The van der Waals surface area contributed by atoms with Gasteiger partial charge in [0.1, 0.15) is 5.75 Å². The lowest BCUT2D eigenvalue weighted by Crippen LogP contribution is -2.22. The summed E-state index contributed by atoms with van der Waals surface area (Å²) >= 11 is 6.10. The number of halogens is 1. The van der Waals surface area contributed by atoms with E-state index in [0.717, 1.165) is 22.5 Å². The van der Waals surface area contributed by atoms with Crippen molar-refractivity contribution >= 4 is 23.5 Å². The van der Waals surface area contributed by atoms with Crippen molar-refractivity contribution in [2.45, 2.75) is 27.7 Å². The molecule has 22 heavy (non-hydrogen) atoms. The number of benzene rings is 1. The van der Waals surface area contributed by atoms with Gasteiger partial charge in [-0.05, 0) is 57.0 Å². The van der Waals surface area contributed by atoms with Crippen molar-refractivity contribution in [2.24, 2.45) is 0 Å². The molecule has 0 spiro atoms. The fourth-order valence-electron chi connectivity index (χ4n) is 2.08. The summed E-state index contributed by atoms with van der Waals surface area (Å²) in [4.78, 5) is 20.2. The number of nitrogens with one attached hydrogen (secondary N) is 1. The van der Waals surface area contributed by atoms with Gasteiger partial charge in [-0.15, -0.1) is 0 Å². The lowest BCUT2D eigenvalue weighted by Gasteiger charge is -2.10. The maximum atomic E-state index is 11.9.